The molecule has 7 nitrogen and oxygen atoms in total. The van der Waals surface area contributed by atoms with E-state index in [0.717, 1.165) is 0 Å². The van der Waals surface area contributed by atoms with Gasteiger partial charge in [0.1, 0.15) is 23.6 Å². The van der Waals surface area contributed by atoms with Crippen molar-refractivity contribution in [1.82, 2.24) is 9.97 Å². The highest BCUT2D eigenvalue weighted by Gasteiger charge is 2.17. The minimum absolute atomic E-state index is 0.0479. The number of benzene rings is 2. The molecule has 0 N–H and O–H groups in total. The molecule has 29 heavy (non-hydrogen) atoms. The highest BCUT2D eigenvalue weighted by molar-refractivity contribution is 6.30. The van der Waals surface area contributed by atoms with E-state index in [1.165, 1.54) is 0 Å². The maximum Gasteiger partial charge on any atom is 0.338 e. The fraction of sp³-hybridized carbons (Fsp3) is 0.0952. The van der Waals surface area contributed by atoms with Crippen molar-refractivity contribution in [2.45, 2.75) is 6.92 Å². The fourth-order valence-corrected chi connectivity index (χ4v) is 2.55. The summed E-state index contributed by atoms with van der Waals surface area (Å²) in [6.45, 7) is 2.00. The molecule has 0 atom stereocenters. The van der Waals surface area contributed by atoms with Crippen LogP contribution in [0.5, 0.6) is 11.6 Å². The molecular formula is C21H13ClN4O3. The van der Waals surface area contributed by atoms with Gasteiger partial charge in [-0.1, -0.05) is 23.7 Å². The smallest absolute Gasteiger partial charge is 0.338 e. The summed E-state index contributed by atoms with van der Waals surface area (Å²) >= 11 is 5.94. The number of esters is 1. The van der Waals surface area contributed by atoms with Gasteiger partial charge in [0, 0.05) is 10.6 Å². The predicted molar refractivity (Wildman–Crippen MR) is 104 cm³/mol. The van der Waals surface area contributed by atoms with E-state index < -0.39 is 5.97 Å². The van der Waals surface area contributed by atoms with Crippen molar-refractivity contribution in [3.05, 3.63) is 70.5 Å². The number of carbonyl (C=O) groups excluding carboxylic acids is 1. The van der Waals surface area contributed by atoms with Crippen molar-refractivity contribution in [2.75, 3.05) is 6.61 Å². The third-order valence-corrected chi connectivity index (χ3v) is 4.03. The summed E-state index contributed by atoms with van der Waals surface area (Å²) < 4.78 is 10.8. The lowest BCUT2D eigenvalue weighted by atomic mass is 10.1. The normalized spacial score (nSPS) is 9.93. The van der Waals surface area contributed by atoms with Gasteiger partial charge < -0.3 is 9.47 Å². The quantitative estimate of drug-likeness (QED) is 0.575. The summed E-state index contributed by atoms with van der Waals surface area (Å²) in [7, 11) is 0. The lowest BCUT2D eigenvalue weighted by molar-refractivity contribution is 0.0526. The van der Waals surface area contributed by atoms with Crippen LogP contribution < -0.4 is 4.74 Å². The number of nitriles is 2. The highest BCUT2D eigenvalue weighted by Crippen LogP contribution is 2.32. The first kappa shape index (κ1) is 19.8. The second kappa shape index (κ2) is 8.83. The fourth-order valence-electron chi connectivity index (χ4n) is 2.43. The molecule has 0 aliphatic rings. The Morgan fingerprint density at radius 2 is 1.62 bits per heavy atom. The summed E-state index contributed by atoms with van der Waals surface area (Å²) in [6, 6.07) is 16.7. The number of halogens is 1. The van der Waals surface area contributed by atoms with Crippen LogP contribution in [0.15, 0.2) is 48.5 Å². The van der Waals surface area contributed by atoms with Gasteiger partial charge in [0.05, 0.1) is 12.2 Å². The van der Waals surface area contributed by atoms with E-state index in [9.17, 15) is 15.3 Å². The third-order valence-electron chi connectivity index (χ3n) is 3.77. The molecule has 0 spiro atoms. The zero-order valence-electron chi connectivity index (χ0n) is 15.2. The maximum absolute atomic E-state index is 11.8. The Hall–Kier alpha value is -3.94. The Labute approximate surface area is 171 Å². The monoisotopic (exact) mass is 404 g/mol. The van der Waals surface area contributed by atoms with E-state index in [-0.39, 0.29) is 29.6 Å². The number of hydrogen-bond acceptors (Lipinski definition) is 7. The second-order valence-corrected chi connectivity index (χ2v) is 6.09. The topological polar surface area (TPSA) is 109 Å². The maximum atomic E-state index is 11.8. The molecule has 3 aromatic rings. The molecule has 142 valence electrons. The number of rotatable bonds is 5. The molecule has 0 bridgehead atoms. The van der Waals surface area contributed by atoms with Gasteiger partial charge in [-0.3, -0.25) is 0 Å². The first-order chi connectivity index (χ1) is 14.0. The number of aromatic nitrogens is 2. The lowest BCUT2D eigenvalue weighted by Crippen LogP contribution is -2.04. The van der Waals surface area contributed by atoms with Crippen LogP contribution in [0.4, 0.5) is 0 Å². The van der Waals surface area contributed by atoms with Crippen molar-refractivity contribution in [2.24, 2.45) is 0 Å². The van der Waals surface area contributed by atoms with Gasteiger partial charge in [-0.25, -0.2) is 9.78 Å². The largest absolute Gasteiger partial charge is 0.462 e. The third kappa shape index (κ3) is 4.49. The van der Waals surface area contributed by atoms with Crippen molar-refractivity contribution >= 4 is 17.6 Å². The van der Waals surface area contributed by atoms with E-state index in [2.05, 4.69) is 9.97 Å². The summed E-state index contributed by atoms with van der Waals surface area (Å²) in [5, 5.41) is 19.1. The van der Waals surface area contributed by atoms with Gasteiger partial charge in [-0.05, 0) is 43.3 Å². The predicted octanol–water partition coefficient (Wildman–Crippen LogP) is 4.51. The van der Waals surface area contributed by atoms with Gasteiger partial charge in [0.2, 0.25) is 5.88 Å². The van der Waals surface area contributed by atoms with Gasteiger partial charge in [0.25, 0.3) is 0 Å². The van der Waals surface area contributed by atoms with Crippen molar-refractivity contribution < 1.29 is 14.3 Å². The Bertz CT molecular complexity index is 1130. The van der Waals surface area contributed by atoms with Crippen molar-refractivity contribution in [3.63, 3.8) is 0 Å². The Morgan fingerprint density at radius 1 is 1.00 bits per heavy atom. The van der Waals surface area contributed by atoms with Crippen LogP contribution in [0.3, 0.4) is 0 Å². The SMILES string of the molecule is CCOC(=O)c1ccc(Oc2nc(C#N)c(C#N)nc2-c2ccc(Cl)cc2)cc1. The number of ether oxygens (including phenoxy) is 2. The zero-order chi connectivity index (χ0) is 20.8. The molecule has 0 aliphatic heterocycles. The van der Waals surface area contributed by atoms with Crippen LogP contribution in [0.2, 0.25) is 5.02 Å². The molecule has 2 aromatic carbocycles. The van der Waals surface area contributed by atoms with Crippen LogP contribution in [0.25, 0.3) is 11.3 Å². The van der Waals surface area contributed by atoms with E-state index in [1.807, 2.05) is 12.1 Å². The Morgan fingerprint density at radius 3 is 2.21 bits per heavy atom. The van der Waals surface area contributed by atoms with Gasteiger partial charge in [-0.15, -0.1) is 0 Å². The highest BCUT2D eigenvalue weighted by atomic mass is 35.5. The van der Waals surface area contributed by atoms with Crippen LogP contribution >= 0.6 is 11.6 Å². The van der Waals surface area contributed by atoms with E-state index in [4.69, 9.17) is 21.1 Å². The molecule has 8 heteroatoms. The molecule has 1 heterocycles. The van der Waals surface area contributed by atoms with Crippen LogP contribution in [0.1, 0.15) is 28.7 Å². The molecule has 0 saturated heterocycles. The summed E-state index contributed by atoms with van der Waals surface area (Å²) in [6.07, 6.45) is 0. The molecule has 0 radical (unpaired) electrons. The van der Waals surface area contributed by atoms with Gasteiger partial charge in [0.15, 0.2) is 11.4 Å². The van der Waals surface area contributed by atoms with Crippen LogP contribution in [-0.2, 0) is 4.74 Å². The second-order valence-electron chi connectivity index (χ2n) is 5.65. The molecule has 0 unspecified atom stereocenters. The first-order valence-corrected chi connectivity index (χ1v) is 8.86. The van der Waals surface area contributed by atoms with E-state index in [1.54, 1.807) is 55.5 Å². The Kier molecular flexibility index (Phi) is 6.03. The molecule has 1 aromatic heterocycles. The zero-order valence-corrected chi connectivity index (χ0v) is 16.0. The Balaban J connectivity index is 2.01. The van der Waals surface area contributed by atoms with Crippen LogP contribution in [-0.4, -0.2) is 22.5 Å². The van der Waals surface area contributed by atoms with Gasteiger partial charge in [-0.2, -0.15) is 15.5 Å². The van der Waals surface area contributed by atoms with Gasteiger partial charge >= 0.3 is 5.97 Å². The number of hydrogen-bond donors (Lipinski definition) is 0. The molecular weight excluding hydrogens is 392 g/mol. The minimum atomic E-state index is -0.439. The summed E-state index contributed by atoms with van der Waals surface area (Å²) in [4.78, 5) is 20.2. The van der Waals surface area contributed by atoms with Crippen LogP contribution in [0, 0.1) is 22.7 Å². The molecule has 3 rings (SSSR count). The average Bonchev–Trinajstić information content (AvgIpc) is 2.74. The lowest BCUT2D eigenvalue weighted by Gasteiger charge is -2.11. The average molecular weight is 405 g/mol. The molecule has 0 amide bonds. The van der Waals surface area contributed by atoms with Crippen molar-refractivity contribution in [3.8, 4) is 35.0 Å². The van der Waals surface area contributed by atoms with E-state index in [0.29, 0.717) is 21.9 Å². The minimum Gasteiger partial charge on any atom is -0.462 e. The first-order valence-electron chi connectivity index (χ1n) is 8.49. The molecule has 0 fully saturated rings. The molecule has 0 aliphatic carbocycles. The standard InChI is InChI=1S/C21H13ClN4O3/c1-2-28-21(27)14-5-9-16(10-6-14)29-20-19(13-3-7-15(22)8-4-13)25-17(11-23)18(12-24)26-20/h3-10H,2H2,1H3. The molecule has 0 saturated carbocycles. The number of carbonyl (C=O) groups is 1. The van der Waals surface area contributed by atoms with E-state index >= 15 is 0 Å². The summed E-state index contributed by atoms with van der Waals surface area (Å²) in [5.41, 5.74) is 1.01. The number of nitrogens with zero attached hydrogens (tertiary/aromatic N) is 4. The van der Waals surface area contributed by atoms with Crippen molar-refractivity contribution in [1.29, 1.82) is 10.5 Å². The summed E-state index contributed by atoms with van der Waals surface area (Å²) in [5.74, 6) is -0.0197.